The van der Waals surface area contributed by atoms with Crippen LogP contribution in [0.1, 0.15) is 29.3 Å². The molecule has 158 valence electrons. The Morgan fingerprint density at radius 2 is 1.90 bits per heavy atom. The molecule has 0 aliphatic rings. The predicted molar refractivity (Wildman–Crippen MR) is 110 cm³/mol. The summed E-state index contributed by atoms with van der Waals surface area (Å²) in [5.41, 5.74) is -0.750. The van der Waals surface area contributed by atoms with Gasteiger partial charge in [-0.1, -0.05) is 6.92 Å². The fourth-order valence-electron chi connectivity index (χ4n) is 2.54. The first-order chi connectivity index (χ1) is 13.6. The second-order valence-electron chi connectivity index (χ2n) is 6.41. The lowest BCUT2D eigenvalue weighted by atomic mass is 10.1. The monoisotopic (exact) mass is 474 g/mol. The molecule has 0 unspecified atom stereocenters. The van der Waals surface area contributed by atoms with E-state index in [1.165, 1.54) is 31.4 Å². The minimum absolute atomic E-state index is 0.127. The van der Waals surface area contributed by atoms with Crippen LogP contribution in [-0.2, 0) is 6.18 Å². The normalized spacial score (nSPS) is 11.2. The number of hydrogen-bond donors (Lipinski definition) is 1. The Morgan fingerprint density at radius 3 is 2.45 bits per heavy atom. The van der Waals surface area contributed by atoms with Gasteiger partial charge in [0, 0.05) is 25.3 Å². The average Bonchev–Trinajstić information content (AvgIpc) is 2.65. The molecule has 0 saturated heterocycles. The zero-order valence-corrected chi connectivity index (χ0v) is 18.1. The van der Waals surface area contributed by atoms with E-state index in [-0.39, 0.29) is 11.3 Å². The van der Waals surface area contributed by atoms with Crippen molar-refractivity contribution >= 4 is 33.2 Å². The third kappa shape index (κ3) is 5.56. The standard InChI is InChI=1S/C20H22BrF3N2O3/c1-5-8-29-18-15(21)9-12(10-17(18)28-4)19(27)25-16-7-6-13(26(2)3)11-14(16)20(22,23)24/h6-7,9-11H,5,8H2,1-4H3,(H,25,27). The van der Waals surface area contributed by atoms with Crippen LogP contribution in [0.5, 0.6) is 11.5 Å². The minimum Gasteiger partial charge on any atom is -0.493 e. The molecule has 0 aliphatic heterocycles. The Morgan fingerprint density at radius 1 is 1.21 bits per heavy atom. The molecule has 5 nitrogen and oxygen atoms in total. The molecule has 0 fully saturated rings. The zero-order valence-electron chi connectivity index (χ0n) is 16.5. The third-order valence-electron chi connectivity index (χ3n) is 4.02. The molecular weight excluding hydrogens is 453 g/mol. The first-order valence-electron chi connectivity index (χ1n) is 8.78. The minimum atomic E-state index is -4.62. The number of methoxy groups -OCH3 is 1. The fourth-order valence-corrected chi connectivity index (χ4v) is 3.10. The maximum atomic E-state index is 13.5. The van der Waals surface area contributed by atoms with Gasteiger partial charge < -0.3 is 19.7 Å². The number of nitrogens with zero attached hydrogens (tertiary/aromatic N) is 1. The number of anilines is 2. The molecule has 0 atom stereocenters. The third-order valence-corrected chi connectivity index (χ3v) is 4.60. The highest BCUT2D eigenvalue weighted by Gasteiger charge is 2.34. The summed E-state index contributed by atoms with van der Waals surface area (Å²) in [5.74, 6) is 0.0309. The number of halogens is 4. The molecular formula is C20H22BrF3N2O3. The van der Waals surface area contributed by atoms with Crippen molar-refractivity contribution in [1.82, 2.24) is 0 Å². The van der Waals surface area contributed by atoms with E-state index in [1.807, 2.05) is 6.92 Å². The molecule has 0 aromatic heterocycles. The molecule has 2 rings (SSSR count). The van der Waals surface area contributed by atoms with Crippen molar-refractivity contribution in [2.45, 2.75) is 19.5 Å². The molecule has 0 saturated carbocycles. The Kier molecular flexibility index (Phi) is 7.40. The lowest BCUT2D eigenvalue weighted by Crippen LogP contribution is -2.18. The summed E-state index contributed by atoms with van der Waals surface area (Å²) < 4.78 is 51.8. The Balaban J connectivity index is 2.38. The topological polar surface area (TPSA) is 50.8 Å². The first-order valence-corrected chi connectivity index (χ1v) is 9.58. The first kappa shape index (κ1) is 22.9. The van der Waals surface area contributed by atoms with E-state index in [0.717, 1.165) is 12.5 Å². The van der Waals surface area contributed by atoms with Crippen LogP contribution in [0.15, 0.2) is 34.8 Å². The van der Waals surface area contributed by atoms with Crippen LogP contribution in [0.3, 0.4) is 0 Å². The summed E-state index contributed by atoms with van der Waals surface area (Å²) in [6.45, 7) is 2.40. The van der Waals surface area contributed by atoms with Crippen LogP contribution in [0.4, 0.5) is 24.5 Å². The van der Waals surface area contributed by atoms with Gasteiger partial charge in [-0.2, -0.15) is 13.2 Å². The molecule has 1 amide bonds. The van der Waals surface area contributed by atoms with Crippen molar-refractivity contribution in [2.24, 2.45) is 0 Å². The molecule has 29 heavy (non-hydrogen) atoms. The van der Waals surface area contributed by atoms with E-state index < -0.39 is 17.6 Å². The van der Waals surface area contributed by atoms with Crippen LogP contribution >= 0.6 is 15.9 Å². The van der Waals surface area contributed by atoms with Crippen molar-refractivity contribution < 1.29 is 27.4 Å². The van der Waals surface area contributed by atoms with Gasteiger partial charge in [0.1, 0.15) is 0 Å². The highest BCUT2D eigenvalue weighted by molar-refractivity contribution is 9.10. The number of hydrogen-bond acceptors (Lipinski definition) is 4. The highest BCUT2D eigenvalue weighted by atomic mass is 79.9. The molecule has 0 spiro atoms. The van der Waals surface area contributed by atoms with E-state index in [2.05, 4.69) is 21.2 Å². The van der Waals surface area contributed by atoms with E-state index in [9.17, 15) is 18.0 Å². The smallest absolute Gasteiger partial charge is 0.418 e. The van der Waals surface area contributed by atoms with E-state index in [1.54, 1.807) is 19.0 Å². The van der Waals surface area contributed by atoms with Crippen molar-refractivity contribution in [3.63, 3.8) is 0 Å². The molecule has 2 aromatic rings. The number of carbonyl (C=O) groups excluding carboxylic acids is 1. The summed E-state index contributed by atoms with van der Waals surface area (Å²) in [7, 11) is 4.70. The largest absolute Gasteiger partial charge is 0.493 e. The van der Waals surface area contributed by atoms with Crippen LogP contribution in [0, 0.1) is 0 Å². The number of nitrogens with one attached hydrogen (secondary N) is 1. The maximum Gasteiger partial charge on any atom is 0.418 e. The fraction of sp³-hybridized carbons (Fsp3) is 0.350. The second-order valence-corrected chi connectivity index (χ2v) is 7.27. The summed E-state index contributed by atoms with van der Waals surface area (Å²) >= 11 is 3.32. The predicted octanol–water partition coefficient (Wildman–Crippen LogP) is 5.58. The van der Waals surface area contributed by atoms with Crippen molar-refractivity contribution in [3.05, 3.63) is 45.9 Å². The van der Waals surface area contributed by atoms with Crippen LogP contribution < -0.4 is 19.7 Å². The molecule has 0 aliphatic carbocycles. The summed E-state index contributed by atoms with van der Waals surface area (Å²) in [5, 5.41) is 2.35. The van der Waals surface area contributed by atoms with Gasteiger partial charge in [-0.3, -0.25) is 4.79 Å². The summed E-state index contributed by atoms with van der Waals surface area (Å²) in [4.78, 5) is 14.2. The zero-order chi connectivity index (χ0) is 21.8. The molecule has 9 heteroatoms. The van der Waals surface area contributed by atoms with E-state index in [0.29, 0.717) is 28.3 Å². The quantitative estimate of drug-likeness (QED) is 0.568. The van der Waals surface area contributed by atoms with E-state index >= 15 is 0 Å². The van der Waals surface area contributed by atoms with Crippen LogP contribution in [-0.4, -0.2) is 33.7 Å². The molecule has 0 bridgehead atoms. The van der Waals surface area contributed by atoms with Crippen molar-refractivity contribution in [3.8, 4) is 11.5 Å². The van der Waals surface area contributed by atoms with Gasteiger partial charge in [0.15, 0.2) is 11.5 Å². The lowest BCUT2D eigenvalue weighted by molar-refractivity contribution is -0.136. The number of rotatable bonds is 7. The molecule has 2 aromatic carbocycles. The molecule has 1 N–H and O–H groups in total. The van der Waals surface area contributed by atoms with Crippen LogP contribution in [0.2, 0.25) is 0 Å². The SMILES string of the molecule is CCCOc1c(Br)cc(C(=O)Nc2ccc(N(C)C)cc2C(F)(F)F)cc1OC. The Hall–Kier alpha value is -2.42. The van der Waals surface area contributed by atoms with Gasteiger partial charge in [0.05, 0.1) is 29.4 Å². The maximum absolute atomic E-state index is 13.5. The Bertz CT molecular complexity index is 886. The van der Waals surface area contributed by atoms with Crippen molar-refractivity contribution in [2.75, 3.05) is 38.0 Å². The van der Waals surface area contributed by atoms with Gasteiger partial charge in [0.25, 0.3) is 5.91 Å². The number of amides is 1. The van der Waals surface area contributed by atoms with Gasteiger partial charge in [-0.25, -0.2) is 0 Å². The van der Waals surface area contributed by atoms with Gasteiger partial charge >= 0.3 is 6.18 Å². The number of benzene rings is 2. The summed E-state index contributed by atoms with van der Waals surface area (Å²) in [6, 6.07) is 6.63. The van der Waals surface area contributed by atoms with Crippen LogP contribution in [0.25, 0.3) is 0 Å². The molecule has 0 heterocycles. The average molecular weight is 475 g/mol. The lowest BCUT2D eigenvalue weighted by Gasteiger charge is -2.19. The number of carbonyl (C=O) groups is 1. The van der Waals surface area contributed by atoms with Crippen molar-refractivity contribution in [1.29, 1.82) is 0 Å². The number of alkyl halides is 3. The summed E-state index contributed by atoms with van der Waals surface area (Å²) in [6.07, 6.45) is -3.84. The second kappa shape index (κ2) is 9.39. The highest BCUT2D eigenvalue weighted by Crippen LogP contribution is 2.39. The van der Waals surface area contributed by atoms with E-state index in [4.69, 9.17) is 9.47 Å². The van der Waals surface area contributed by atoms with Gasteiger partial charge in [0.2, 0.25) is 0 Å². The van der Waals surface area contributed by atoms with Gasteiger partial charge in [-0.05, 0) is 52.7 Å². The van der Waals surface area contributed by atoms with Gasteiger partial charge in [-0.15, -0.1) is 0 Å². The Labute approximate surface area is 175 Å². The molecule has 0 radical (unpaired) electrons. The number of ether oxygens (including phenoxy) is 2.